The number of carbonyl (C=O) groups excluding carboxylic acids is 1. The van der Waals surface area contributed by atoms with Gasteiger partial charge in [0.15, 0.2) is 0 Å². The monoisotopic (exact) mass is 363 g/mol. The summed E-state index contributed by atoms with van der Waals surface area (Å²) in [4.78, 5) is 16.7. The molecule has 1 amide bonds. The second-order valence-corrected chi connectivity index (χ2v) is 6.94. The minimum absolute atomic E-state index is 0.0174. The number of hydrogen-bond acceptors (Lipinski definition) is 4. The van der Waals surface area contributed by atoms with Gasteiger partial charge in [0.25, 0.3) is 0 Å². The standard InChI is InChI=1S/C21H25N5O/c1-2-14-7-6-10-18-20(14)25-21(26(18)16-8-4-3-5-9-16)17-11-15(13-23-17)24-19(27)12-22/h3-10,15,17,23H,2,11-13,22H2,1H3,(H,24,27)/t15-,17+/m1/s1. The summed E-state index contributed by atoms with van der Waals surface area (Å²) in [6.45, 7) is 2.89. The Bertz CT molecular complexity index is 950. The Kier molecular flexibility index (Phi) is 4.92. The number of fused-ring (bicyclic) bond motifs is 1. The van der Waals surface area contributed by atoms with E-state index in [2.05, 4.69) is 52.5 Å². The summed E-state index contributed by atoms with van der Waals surface area (Å²) >= 11 is 0. The SMILES string of the molecule is CCc1cccc2c1nc([C@@H]1C[C@@H](NC(=O)CN)CN1)n2-c1ccccc1. The van der Waals surface area contributed by atoms with Gasteiger partial charge in [-0.1, -0.05) is 37.3 Å². The van der Waals surface area contributed by atoms with Crippen LogP contribution in [0, 0.1) is 0 Å². The molecule has 1 saturated heterocycles. The number of amides is 1. The van der Waals surface area contributed by atoms with Crippen LogP contribution in [0.5, 0.6) is 0 Å². The van der Waals surface area contributed by atoms with Crippen LogP contribution in [0.4, 0.5) is 0 Å². The molecule has 0 spiro atoms. The number of aromatic nitrogens is 2. The van der Waals surface area contributed by atoms with Crippen molar-refractivity contribution in [3.8, 4) is 5.69 Å². The van der Waals surface area contributed by atoms with Crippen LogP contribution in [-0.4, -0.2) is 34.6 Å². The summed E-state index contributed by atoms with van der Waals surface area (Å²) in [5.74, 6) is 0.869. The molecule has 27 heavy (non-hydrogen) atoms. The fraction of sp³-hybridized carbons (Fsp3) is 0.333. The van der Waals surface area contributed by atoms with Crippen molar-refractivity contribution < 1.29 is 4.79 Å². The van der Waals surface area contributed by atoms with Gasteiger partial charge in [0.2, 0.25) is 5.91 Å². The van der Waals surface area contributed by atoms with Gasteiger partial charge in [-0.05, 0) is 36.6 Å². The summed E-state index contributed by atoms with van der Waals surface area (Å²) in [6, 6.07) is 16.8. The third kappa shape index (κ3) is 3.34. The van der Waals surface area contributed by atoms with E-state index in [0.29, 0.717) is 0 Å². The average molecular weight is 363 g/mol. The van der Waals surface area contributed by atoms with E-state index < -0.39 is 0 Å². The Hall–Kier alpha value is -2.70. The second kappa shape index (κ2) is 7.50. The molecule has 4 N–H and O–H groups in total. The molecule has 4 rings (SSSR count). The molecular weight excluding hydrogens is 338 g/mol. The number of para-hydroxylation sites is 2. The van der Waals surface area contributed by atoms with Crippen LogP contribution < -0.4 is 16.4 Å². The highest BCUT2D eigenvalue weighted by Crippen LogP contribution is 2.31. The molecule has 1 fully saturated rings. The number of carbonyl (C=O) groups is 1. The third-order valence-corrected chi connectivity index (χ3v) is 5.18. The quantitative estimate of drug-likeness (QED) is 0.648. The van der Waals surface area contributed by atoms with Crippen LogP contribution >= 0.6 is 0 Å². The normalized spacial score (nSPS) is 19.5. The lowest BCUT2D eigenvalue weighted by molar-refractivity contribution is -0.120. The summed E-state index contributed by atoms with van der Waals surface area (Å²) in [5.41, 5.74) is 9.94. The summed E-state index contributed by atoms with van der Waals surface area (Å²) in [6.07, 6.45) is 1.74. The summed E-state index contributed by atoms with van der Waals surface area (Å²) in [7, 11) is 0. The van der Waals surface area contributed by atoms with Crippen molar-refractivity contribution in [2.75, 3.05) is 13.1 Å². The first kappa shape index (κ1) is 17.7. The Balaban J connectivity index is 1.77. The maximum atomic E-state index is 11.6. The molecule has 0 bridgehead atoms. The van der Waals surface area contributed by atoms with E-state index in [4.69, 9.17) is 10.7 Å². The maximum Gasteiger partial charge on any atom is 0.233 e. The molecule has 2 heterocycles. The molecule has 2 atom stereocenters. The highest BCUT2D eigenvalue weighted by atomic mass is 16.1. The number of rotatable bonds is 5. The molecule has 0 radical (unpaired) electrons. The number of aryl methyl sites for hydroxylation is 1. The van der Waals surface area contributed by atoms with Gasteiger partial charge in [0.05, 0.1) is 23.6 Å². The lowest BCUT2D eigenvalue weighted by Crippen LogP contribution is -2.39. The van der Waals surface area contributed by atoms with E-state index in [1.165, 1.54) is 5.56 Å². The Morgan fingerprint density at radius 1 is 1.26 bits per heavy atom. The number of imidazole rings is 1. The first-order valence-electron chi connectivity index (χ1n) is 9.49. The fourth-order valence-electron chi connectivity index (χ4n) is 3.87. The molecule has 2 aromatic carbocycles. The molecule has 1 aliphatic rings. The molecule has 0 aliphatic carbocycles. The van der Waals surface area contributed by atoms with Gasteiger partial charge in [-0.3, -0.25) is 9.36 Å². The molecule has 0 unspecified atom stereocenters. The number of benzene rings is 2. The highest BCUT2D eigenvalue weighted by molar-refractivity contribution is 5.82. The predicted molar refractivity (Wildman–Crippen MR) is 107 cm³/mol. The maximum absolute atomic E-state index is 11.6. The van der Waals surface area contributed by atoms with Crippen molar-refractivity contribution in [2.24, 2.45) is 5.73 Å². The number of nitrogens with zero attached hydrogens (tertiary/aromatic N) is 2. The smallest absolute Gasteiger partial charge is 0.233 e. The molecular formula is C21H25N5O. The second-order valence-electron chi connectivity index (χ2n) is 6.94. The van der Waals surface area contributed by atoms with Crippen LogP contribution in [-0.2, 0) is 11.2 Å². The number of hydrogen-bond donors (Lipinski definition) is 3. The van der Waals surface area contributed by atoms with Crippen molar-refractivity contribution in [1.29, 1.82) is 0 Å². The van der Waals surface area contributed by atoms with Crippen molar-refractivity contribution in [3.05, 3.63) is 59.9 Å². The number of nitrogens with one attached hydrogen (secondary N) is 2. The van der Waals surface area contributed by atoms with Crippen molar-refractivity contribution in [3.63, 3.8) is 0 Å². The molecule has 6 heteroatoms. The topological polar surface area (TPSA) is 85.0 Å². The largest absolute Gasteiger partial charge is 0.351 e. The first-order valence-corrected chi connectivity index (χ1v) is 9.49. The molecule has 1 aromatic heterocycles. The van der Waals surface area contributed by atoms with Gasteiger partial charge in [0, 0.05) is 18.3 Å². The van der Waals surface area contributed by atoms with Gasteiger partial charge in [0.1, 0.15) is 5.82 Å². The van der Waals surface area contributed by atoms with E-state index in [1.54, 1.807) is 0 Å². The average Bonchev–Trinajstić information content (AvgIpc) is 3.32. The van der Waals surface area contributed by atoms with E-state index in [-0.39, 0.29) is 24.5 Å². The third-order valence-electron chi connectivity index (χ3n) is 5.18. The molecule has 3 aromatic rings. The molecule has 1 aliphatic heterocycles. The van der Waals surface area contributed by atoms with E-state index in [1.807, 2.05) is 18.2 Å². The Labute approximate surface area is 158 Å². The molecule has 0 saturated carbocycles. The van der Waals surface area contributed by atoms with Crippen LogP contribution in [0.1, 0.15) is 30.8 Å². The lowest BCUT2D eigenvalue weighted by Gasteiger charge is -2.15. The van der Waals surface area contributed by atoms with E-state index >= 15 is 0 Å². The molecule has 6 nitrogen and oxygen atoms in total. The molecule has 140 valence electrons. The van der Waals surface area contributed by atoms with Gasteiger partial charge < -0.3 is 16.4 Å². The Morgan fingerprint density at radius 3 is 2.81 bits per heavy atom. The van der Waals surface area contributed by atoms with Crippen LogP contribution in [0.25, 0.3) is 16.7 Å². The van der Waals surface area contributed by atoms with E-state index in [9.17, 15) is 4.79 Å². The van der Waals surface area contributed by atoms with E-state index in [0.717, 1.165) is 41.9 Å². The number of nitrogens with two attached hydrogens (primary N) is 1. The predicted octanol–water partition coefficient (Wildman–Crippen LogP) is 2.07. The lowest BCUT2D eigenvalue weighted by atomic mass is 10.1. The zero-order valence-electron chi connectivity index (χ0n) is 15.5. The Morgan fingerprint density at radius 2 is 2.07 bits per heavy atom. The van der Waals surface area contributed by atoms with Crippen molar-refractivity contribution >= 4 is 16.9 Å². The fourth-order valence-corrected chi connectivity index (χ4v) is 3.87. The summed E-state index contributed by atoms with van der Waals surface area (Å²) < 4.78 is 2.24. The van der Waals surface area contributed by atoms with Gasteiger partial charge in [-0.25, -0.2) is 4.98 Å². The summed E-state index contributed by atoms with van der Waals surface area (Å²) in [5, 5.41) is 6.50. The highest BCUT2D eigenvalue weighted by Gasteiger charge is 2.30. The van der Waals surface area contributed by atoms with Crippen molar-refractivity contribution in [1.82, 2.24) is 20.2 Å². The van der Waals surface area contributed by atoms with Gasteiger partial charge in [-0.15, -0.1) is 0 Å². The minimum Gasteiger partial charge on any atom is -0.351 e. The van der Waals surface area contributed by atoms with Crippen LogP contribution in [0.3, 0.4) is 0 Å². The minimum atomic E-state index is -0.118. The zero-order chi connectivity index (χ0) is 18.8. The van der Waals surface area contributed by atoms with Crippen molar-refractivity contribution in [2.45, 2.75) is 31.8 Å². The van der Waals surface area contributed by atoms with Gasteiger partial charge >= 0.3 is 0 Å². The first-order chi connectivity index (χ1) is 13.2. The van der Waals surface area contributed by atoms with Crippen LogP contribution in [0.2, 0.25) is 0 Å². The van der Waals surface area contributed by atoms with Gasteiger partial charge in [-0.2, -0.15) is 0 Å². The zero-order valence-corrected chi connectivity index (χ0v) is 15.5. The van der Waals surface area contributed by atoms with Crippen LogP contribution in [0.15, 0.2) is 48.5 Å².